The summed E-state index contributed by atoms with van der Waals surface area (Å²) in [4.78, 5) is 2.11. The van der Waals surface area contributed by atoms with Gasteiger partial charge in [0.25, 0.3) is 10.0 Å². The van der Waals surface area contributed by atoms with Crippen LogP contribution in [0.2, 0.25) is 4.34 Å². The molecule has 2 aromatic rings. The Kier molecular flexibility index (Phi) is 4.29. The van der Waals surface area contributed by atoms with Crippen molar-refractivity contribution in [3.8, 4) is 0 Å². The lowest BCUT2D eigenvalue weighted by atomic mass is 10.2. The Labute approximate surface area is 137 Å². The number of hydrogen-bond acceptors (Lipinski definition) is 4. The van der Waals surface area contributed by atoms with Gasteiger partial charge in [-0.3, -0.25) is 4.72 Å². The number of halogens is 2. The highest BCUT2D eigenvalue weighted by atomic mass is 35.5. The van der Waals surface area contributed by atoms with Crippen LogP contribution in [0.3, 0.4) is 0 Å². The van der Waals surface area contributed by atoms with Crippen LogP contribution in [-0.4, -0.2) is 21.5 Å². The van der Waals surface area contributed by atoms with Gasteiger partial charge in [0, 0.05) is 18.8 Å². The largest absolute Gasteiger partial charge is 0.371 e. The SMILES string of the molecule is O=S(=O)(Nc1cc(N2CCCC2)ccc1F)c1ccc(Cl)s1. The van der Waals surface area contributed by atoms with Gasteiger partial charge in [0.05, 0.1) is 10.0 Å². The first-order chi connectivity index (χ1) is 10.5. The van der Waals surface area contributed by atoms with Crippen molar-refractivity contribution in [2.75, 3.05) is 22.7 Å². The van der Waals surface area contributed by atoms with Gasteiger partial charge in [-0.15, -0.1) is 11.3 Å². The maximum absolute atomic E-state index is 13.9. The Bertz CT molecular complexity index is 786. The molecule has 0 amide bonds. The molecule has 1 N–H and O–H groups in total. The van der Waals surface area contributed by atoms with Crippen LogP contribution in [-0.2, 0) is 10.0 Å². The Morgan fingerprint density at radius 1 is 1.18 bits per heavy atom. The van der Waals surface area contributed by atoms with Gasteiger partial charge >= 0.3 is 0 Å². The molecule has 0 radical (unpaired) electrons. The lowest BCUT2D eigenvalue weighted by molar-refractivity contribution is 0.600. The minimum Gasteiger partial charge on any atom is -0.371 e. The number of anilines is 2. The van der Waals surface area contributed by atoms with Crippen molar-refractivity contribution in [1.29, 1.82) is 0 Å². The molecule has 1 aromatic heterocycles. The summed E-state index contributed by atoms with van der Waals surface area (Å²) in [6.07, 6.45) is 2.18. The summed E-state index contributed by atoms with van der Waals surface area (Å²) >= 11 is 6.69. The summed E-state index contributed by atoms with van der Waals surface area (Å²) in [5.74, 6) is -0.603. The average Bonchev–Trinajstić information content (AvgIpc) is 3.12. The molecule has 1 saturated heterocycles. The average molecular weight is 361 g/mol. The summed E-state index contributed by atoms with van der Waals surface area (Å²) in [6.45, 7) is 1.80. The van der Waals surface area contributed by atoms with Crippen molar-refractivity contribution in [1.82, 2.24) is 0 Å². The second kappa shape index (κ2) is 6.06. The van der Waals surface area contributed by atoms with Crippen molar-refractivity contribution >= 4 is 44.3 Å². The van der Waals surface area contributed by atoms with Crippen molar-refractivity contribution in [3.05, 3.63) is 40.5 Å². The van der Waals surface area contributed by atoms with Crippen LogP contribution in [0.15, 0.2) is 34.5 Å². The van der Waals surface area contributed by atoms with Crippen molar-refractivity contribution in [2.24, 2.45) is 0 Å². The lowest BCUT2D eigenvalue weighted by Crippen LogP contribution is -2.18. The predicted octanol–water partition coefficient (Wildman–Crippen LogP) is 3.94. The molecule has 0 bridgehead atoms. The van der Waals surface area contributed by atoms with E-state index in [9.17, 15) is 12.8 Å². The minimum atomic E-state index is -3.83. The Morgan fingerprint density at radius 2 is 1.91 bits per heavy atom. The first kappa shape index (κ1) is 15.6. The molecule has 1 aliphatic heterocycles. The van der Waals surface area contributed by atoms with Crippen molar-refractivity contribution < 1.29 is 12.8 Å². The molecule has 0 atom stereocenters. The maximum atomic E-state index is 13.9. The third-order valence-electron chi connectivity index (χ3n) is 3.48. The summed E-state index contributed by atoms with van der Waals surface area (Å²) in [5, 5.41) is 0. The van der Waals surface area contributed by atoms with Crippen LogP contribution in [0.1, 0.15) is 12.8 Å². The summed E-state index contributed by atoms with van der Waals surface area (Å²) in [5.41, 5.74) is 0.773. The predicted molar refractivity (Wildman–Crippen MR) is 88.0 cm³/mol. The highest BCUT2D eigenvalue weighted by Crippen LogP contribution is 2.30. The number of benzene rings is 1. The fraction of sp³-hybridized carbons (Fsp3) is 0.286. The molecule has 1 aromatic carbocycles. The van der Waals surface area contributed by atoms with Crippen LogP contribution in [0.4, 0.5) is 15.8 Å². The molecule has 0 saturated carbocycles. The highest BCUT2D eigenvalue weighted by molar-refractivity contribution is 7.94. The van der Waals surface area contributed by atoms with Gasteiger partial charge < -0.3 is 4.90 Å². The Balaban J connectivity index is 1.89. The van der Waals surface area contributed by atoms with E-state index in [0.717, 1.165) is 43.0 Å². The molecule has 1 fully saturated rings. The highest BCUT2D eigenvalue weighted by Gasteiger charge is 2.20. The van der Waals surface area contributed by atoms with Crippen LogP contribution >= 0.6 is 22.9 Å². The smallest absolute Gasteiger partial charge is 0.271 e. The normalized spacial score (nSPS) is 15.3. The van der Waals surface area contributed by atoms with Crippen molar-refractivity contribution in [3.63, 3.8) is 0 Å². The molecular formula is C14H14ClFN2O2S2. The molecule has 22 heavy (non-hydrogen) atoms. The van der Waals surface area contributed by atoms with E-state index in [0.29, 0.717) is 4.34 Å². The number of hydrogen-bond donors (Lipinski definition) is 1. The van der Waals surface area contributed by atoms with Gasteiger partial charge in [-0.1, -0.05) is 11.6 Å². The van der Waals surface area contributed by atoms with Gasteiger partial charge in [0.1, 0.15) is 10.0 Å². The number of nitrogens with zero attached hydrogens (tertiary/aromatic N) is 1. The number of nitrogens with one attached hydrogen (secondary N) is 1. The molecule has 2 heterocycles. The van der Waals surface area contributed by atoms with E-state index in [1.54, 1.807) is 6.07 Å². The van der Waals surface area contributed by atoms with E-state index >= 15 is 0 Å². The summed E-state index contributed by atoms with van der Waals surface area (Å²) < 4.78 is 41.2. The first-order valence-corrected chi connectivity index (χ1v) is 9.46. The molecule has 3 rings (SSSR count). The number of sulfonamides is 1. The molecule has 0 unspecified atom stereocenters. The Hall–Kier alpha value is -1.31. The van der Waals surface area contributed by atoms with Gasteiger partial charge in [0.15, 0.2) is 0 Å². The lowest BCUT2D eigenvalue weighted by Gasteiger charge is -2.19. The van der Waals surface area contributed by atoms with E-state index in [2.05, 4.69) is 9.62 Å². The molecule has 118 valence electrons. The zero-order valence-electron chi connectivity index (χ0n) is 11.6. The molecule has 0 spiro atoms. The van der Waals surface area contributed by atoms with E-state index in [1.165, 1.54) is 24.3 Å². The standard InChI is InChI=1S/C14H14ClFN2O2S2/c15-13-5-6-14(21-13)22(19,20)17-12-9-10(3-4-11(12)16)18-7-1-2-8-18/h3-6,9,17H,1-2,7-8H2. The fourth-order valence-corrected chi connectivity index (χ4v) is 4.94. The number of rotatable bonds is 4. The Morgan fingerprint density at radius 3 is 2.55 bits per heavy atom. The van der Waals surface area contributed by atoms with Gasteiger partial charge in [0.2, 0.25) is 0 Å². The third-order valence-corrected chi connectivity index (χ3v) is 6.57. The van der Waals surface area contributed by atoms with Crippen LogP contribution < -0.4 is 9.62 Å². The fourth-order valence-electron chi connectivity index (χ4n) is 2.40. The van der Waals surface area contributed by atoms with Crippen LogP contribution in [0.5, 0.6) is 0 Å². The summed E-state index contributed by atoms with van der Waals surface area (Å²) in [7, 11) is -3.83. The monoisotopic (exact) mass is 360 g/mol. The molecule has 1 aliphatic rings. The quantitative estimate of drug-likeness (QED) is 0.898. The van der Waals surface area contributed by atoms with Crippen LogP contribution in [0, 0.1) is 5.82 Å². The van der Waals surface area contributed by atoms with Gasteiger partial charge in [-0.25, -0.2) is 12.8 Å². The first-order valence-electron chi connectivity index (χ1n) is 6.78. The zero-order valence-corrected chi connectivity index (χ0v) is 13.9. The number of thiophene rings is 1. The third kappa shape index (κ3) is 3.21. The minimum absolute atomic E-state index is 0.0473. The molecular weight excluding hydrogens is 347 g/mol. The van der Waals surface area contributed by atoms with E-state index in [4.69, 9.17) is 11.6 Å². The van der Waals surface area contributed by atoms with Gasteiger partial charge in [-0.05, 0) is 43.2 Å². The zero-order chi connectivity index (χ0) is 15.7. The topological polar surface area (TPSA) is 49.4 Å². The van der Waals surface area contributed by atoms with E-state index in [1.807, 2.05) is 0 Å². The second-order valence-corrected chi connectivity index (χ2v) is 8.65. The van der Waals surface area contributed by atoms with Gasteiger partial charge in [-0.2, -0.15) is 0 Å². The molecule has 0 aliphatic carbocycles. The second-order valence-electron chi connectivity index (χ2n) is 5.02. The molecule has 8 heteroatoms. The van der Waals surface area contributed by atoms with Crippen molar-refractivity contribution in [2.45, 2.75) is 17.1 Å². The van der Waals surface area contributed by atoms with E-state index < -0.39 is 15.8 Å². The summed E-state index contributed by atoms with van der Waals surface area (Å²) in [6, 6.07) is 7.39. The van der Waals surface area contributed by atoms with E-state index in [-0.39, 0.29) is 9.90 Å². The molecule has 4 nitrogen and oxygen atoms in total. The van der Waals surface area contributed by atoms with Crippen LogP contribution in [0.25, 0.3) is 0 Å². The maximum Gasteiger partial charge on any atom is 0.271 e.